The fourth-order valence-corrected chi connectivity index (χ4v) is 2.68. The minimum Gasteiger partial charge on any atom is -0.321 e. The van der Waals surface area contributed by atoms with Crippen molar-refractivity contribution in [3.8, 4) is 0 Å². The second-order valence-corrected chi connectivity index (χ2v) is 5.40. The third kappa shape index (κ3) is 2.91. The van der Waals surface area contributed by atoms with Crippen molar-refractivity contribution < 1.29 is 9.18 Å². The van der Waals surface area contributed by atoms with Crippen LogP contribution >= 0.6 is 11.6 Å². The molecule has 3 nitrogen and oxygen atoms in total. The number of benzene rings is 2. The maximum Gasteiger partial charge on any atom is 0.241 e. The van der Waals surface area contributed by atoms with Crippen LogP contribution < -0.4 is 10.6 Å². The number of carbonyl (C=O) groups is 1. The lowest BCUT2D eigenvalue weighted by Crippen LogP contribution is -2.44. The van der Waals surface area contributed by atoms with Gasteiger partial charge < -0.3 is 10.6 Å². The Morgan fingerprint density at radius 3 is 2.71 bits per heavy atom. The van der Waals surface area contributed by atoms with Crippen molar-refractivity contribution in [3.63, 3.8) is 0 Å². The second kappa shape index (κ2) is 5.84. The Labute approximate surface area is 127 Å². The van der Waals surface area contributed by atoms with Crippen LogP contribution in [0.5, 0.6) is 0 Å². The Kier molecular flexibility index (Phi) is 3.90. The number of halogens is 2. The molecule has 108 valence electrons. The highest BCUT2D eigenvalue weighted by Gasteiger charge is 2.25. The van der Waals surface area contributed by atoms with Crippen LogP contribution in [-0.2, 0) is 17.8 Å². The first-order chi connectivity index (χ1) is 10.1. The average Bonchev–Trinajstić information content (AvgIpc) is 2.50. The van der Waals surface area contributed by atoms with Gasteiger partial charge in [-0.25, -0.2) is 4.39 Å². The summed E-state index contributed by atoms with van der Waals surface area (Å²) in [6, 6.07) is 11.9. The summed E-state index contributed by atoms with van der Waals surface area (Å²) in [5.74, 6) is -0.816. The molecule has 2 aromatic rings. The van der Waals surface area contributed by atoms with E-state index < -0.39 is 11.9 Å². The Balaban J connectivity index is 1.76. The molecule has 1 atom stereocenters. The number of carbonyl (C=O) groups excluding carboxylic acids is 1. The van der Waals surface area contributed by atoms with Gasteiger partial charge in [-0.15, -0.1) is 0 Å². The van der Waals surface area contributed by atoms with Gasteiger partial charge in [0.15, 0.2) is 0 Å². The van der Waals surface area contributed by atoms with Crippen molar-refractivity contribution in [2.24, 2.45) is 0 Å². The Morgan fingerprint density at radius 2 is 1.95 bits per heavy atom. The van der Waals surface area contributed by atoms with Gasteiger partial charge in [0.25, 0.3) is 0 Å². The number of hydrogen-bond donors (Lipinski definition) is 2. The van der Waals surface area contributed by atoms with Gasteiger partial charge in [-0.3, -0.25) is 4.79 Å². The van der Waals surface area contributed by atoms with Crippen molar-refractivity contribution in [3.05, 3.63) is 64.4 Å². The zero-order valence-corrected chi connectivity index (χ0v) is 12.0. The third-order valence-electron chi connectivity index (χ3n) is 3.61. The third-order valence-corrected chi connectivity index (χ3v) is 3.92. The van der Waals surface area contributed by atoms with E-state index in [-0.39, 0.29) is 16.6 Å². The Hall–Kier alpha value is -1.91. The SMILES string of the molecule is O=C(Nc1c(F)cccc1Cl)C1Cc2ccccc2CN1. The highest BCUT2D eigenvalue weighted by molar-refractivity contribution is 6.33. The predicted molar refractivity (Wildman–Crippen MR) is 80.8 cm³/mol. The van der Waals surface area contributed by atoms with Crippen molar-refractivity contribution in [2.45, 2.75) is 19.0 Å². The van der Waals surface area contributed by atoms with Crippen molar-refractivity contribution >= 4 is 23.2 Å². The molecule has 0 aliphatic carbocycles. The molecule has 0 radical (unpaired) electrons. The van der Waals surface area contributed by atoms with Gasteiger partial charge >= 0.3 is 0 Å². The molecule has 0 saturated heterocycles. The molecule has 21 heavy (non-hydrogen) atoms. The minimum absolute atomic E-state index is 0.0322. The maximum absolute atomic E-state index is 13.7. The summed E-state index contributed by atoms with van der Waals surface area (Å²) in [6.07, 6.45) is 0.577. The fourth-order valence-electron chi connectivity index (χ4n) is 2.47. The molecule has 0 aromatic heterocycles. The highest BCUT2D eigenvalue weighted by Crippen LogP contribution is 2.25. The topological polar surface area (TPSA) is 41.1 Å². The summed E-state index contributed by atoms with van der Waals surface area (Å²) in [4.78, 5) is 12.3. The zero-order chi connectivity index (χ0) is 14.8. The van der Waals surface area contributed by atoms with E-state index in [1.54, 1.807) is 6.07 Å². The van der Waals surface area contributed by atoms with Crippen LogP contribution in [0.2, 0.25) is 5.02 Å². The van der Waals surface area contributed by atoms with Crippen molar-refractivity contribution in [1.29, 1.82) is 0 Å². The standard InChI is InChI=1S/C16H14ClFN2O/c17-12-6-3-7-13(18)15(12)20-16(21)14-8-10-4-1-2-5-11(10)9-19-14/h1-7,14,19H,8-9H2,(H,20,21). The van der Waals surface area contributed by atoms with Crippen LogP contribution in [0.15, 0.2) is 42.5 Å². The summed E-state index contributed by atoms with van der Waals surface area (Å²) in [5, 5.41) is 5.92. The number of fused-ring (bicyclic) bond motifs is 1. The van der Waals surface area contributed by atoms with Gasteiger partial charge in [0.05, 0.1) is 16.8 Å². The Bertz CT molecular complexity index is 669. The van der Waals surface area contributed by atoms with E-state index in [1.807, 2.05) is 24.3 Å². The first-order valence-electron chi connectivity index (χ1n) is 6.70. The van der Waals surface area contributed by atoms with Crippen LogP contribution in [0.1, 0.15) is 11.1 Å². The molecule has 0 fully saturated rings. The van der Waals surface area contributed by atoms with Gasteiger partial charge in [-0.05, 0) is 29.7 Å². The van der Waals surface area contributed by atoms with Gasteiger partial charge in [0.2, 0.25) is 5.91 Å². The molecule has 0 bridgehead atoms. The minimum atomic E-state index is -0.535. The lowest BCUT2D eigenvalue weighted by atomic mass is 9.95. The molecule has 1 aliphatic rings. The molecule has 2 aromatic carbocycles. The lowest BCUT2D eigenvalue weighted by Gasteiger charge is -2.25. The van der Waals surface area contributed by atoms with E-state index in [0.29, 0.717) is 13.0 Å². The van der Waals surface area contributed by atoms with Crippen LogP contribution in [0, 0.1) is 5.82 Å². The first kappa shape index (κ1) is 14.0. The number of amides is 1. The summed E-state index contributed by atoms with van der Waals surface area (Å²) in [5.41, 5.74) is 2.35. The van der Waals surface area contributed by atoms with Gasteiger partial charge in [-0.2, -0.15) is 0 Å². The second-order valence-electron chi connectivity index (χ2n) is 4.99. The Morgan fingerprint density at radius 1 is 1.19 bits per heavy atom. The highest BCUT2D eigenvalue weighted by atomic mass is 35.5. The fraction of sp³-hybridized carbons (Fsp3) is 0.188. The summed E-state index contributed by atoms with van der Waals surface area (Å²) in [7, 11) is 0. The number of rotatable bonds is 2. The normalized spacial score (nSPS) is 17.1. The summed E-state index contributed by atoms with van der Waals surface area (Å²) >= 11 is 5.92. The van der Waals surface area contributed by atoms with E-state index in [4.69, 9.17) is 11.6 Å². The molecule has 1 unspecified atom stereocenters. The number of para-hydroxylation sites is 1. The molecule has 2 N–H and O–H groups in total. The first-order valence-corrected chi connectivity index (χ1v) is 7.08. The van der Waals surface area contributed by atoms with Crippen molar-refractivity contribution in [1.82, 2.24) is 5.32 Å². The molecule has 1 amide bonds. The molecule has 3 rings (SSSR count). The molecule has 1 aliphatic heterocycles. The van der Waals surface area contributed by atoms with E-state index in [0.717, 1.165) is 5.56 Å². The molecule has 0 spiro atoms. The van der Waals surface area contributed by atoms with E-state index in [2.05, 4.69) is 10.6 Å². The molecular weight excluding hydrogens is 291 g/mol. The van der Waals surface area contributed by atoms with Gasteiger partial charge in [-0.1, -0.05) is 41.9 Å². The van der Waals surface area contributed by atoms with E-state index in [1.165, 1.54) is 17.7 Å². The smallest absolute Gasteiger partial charge is 0.241 e. The van der Waals surface area contributed by atoms with E-state index >= 15 is 0 Å². The molecule has 0 saturated carbocycles. The lowest BCUT2D eigenvalue weighted by molar-refractivity contribution is -0.118. The summed E-state index contributed by atoms with van der Waals surface area (Å²) < 4.78 is 13.7. The zero-order valence-electron chi connectivity index (χ0n) is 11.2. The van der Waals surface area contributed by atoms with E-state index in [9.17, 15) is 9.18 Å². The molecule has 5 heteroatoms. The number of nitrogens with one attached hydrogen (secondary N) is 2. The van der Waals surface area contributed by atoms with Crippen LogP contribution in [-0.4, -0.2) is 11.9 Å². The van der Waals surface area contributed by atoms with Crippen molar-refractivity contribution in [2.75, 3.05) is 5.32 Å². The predicted octanol–water partition coefficient (Wildman–Crippen LogP) is 3.13. The number of anilines is 1. The van der Waals surface area contributed by atoms with Crippen LogP contribution in [0.3, 0.4) is 0 Å². The van der Waals surface area contributed by atoms with Crippen LogP contribution in [0.25, 0.3) is 0 Å². The molecular formula is C16H14ClFN2O. The summed E-state index contributed by atoms with van der Waals surface area (Å²) in [6.45, 7) is 0.624. The quantitative estimate of drug-likeness (QED) is 0.895. The average molecular weight is 305 g/mol. The van der Waals surface area contributed by atoms with Gasteiger partial charge in [0, 0.05) is 6.54 Å². The largest absolute Gasteiger partial charge is 0.321 e. The van der Waals surface area contributed by atoms with Crippen LogP contribution in [0.4, 0.5) is 10.1 Å². The number of hydrogen-bond acceptors (Lipinski definition) is 2. The maximum atomic E-state index is 13.7. The molecule has 1 heterocycles. The van der Waals surface area contributed by atoms with Gasteiger partial charge in [0.1, 0.15) is 5.82 Å². The monoisotopic (exact) mass is 304 g/mol.